The van der Waals surface area contributed by atoms with E-state index >= 15 is 0 Å². The maximum absolute atomic E-state index is 10.8. The molecule has 1 N–H and O–H groups in total. The third kappa shape index (κ3) is 2.19. The molecule has 1 aromatic heterocycles. The van der Waals surface area contributed by atoms with Crippen LogP contribution in [-0.2, 0) is 7.05 Å². The minimum atomic E-state index is -0.471. The lowest BCUT2D eigenvalue weighted by Crippen LogP contribution is -2.51. The molecule has 0 amide bonds. The average Bonchev–Trinajstić information content (AvgIpc) is 3.00. The molecule has 1 saturated carbocycles. The second kappa shape index (κ2) is 5.41. The molecule has 0 saturated heterocycles. The molecule has 0 radical (unpaired) electrons. The summed E-state index contributed by atoms with van der Waals surface area (Å²) in [7, 11) is 1.95. The Labute approximate surface area is 110 Å². The summed E-state index contributed by atoms with van der Waals surface area (Å²) < 4.78 is 1.91. The highest BCUT2D eigenvalue weighted by Crippen LogP contribution is 2.43. The highest BCUT2D eigenvalue weighted by Gasteiger charge is 2.45. The quantitative estimate of drug-likeness (QED) is 0.871. The van der Waals surface area contributed by atoms with Gasteiger partial charge in [0.15, 0.2) is 0 Å². The highest BCUT2D eigenvalue weighted by atomic mass is 16.3. The summed E-state index contributed by atoms with van der Waals surface area (Å²) in [5.41, 5.74) is 0.712. The van der Waals surface area contributed by atoms with Gasteiger partial charge in [0.2, 0.25) is 0 Å². The van der Waals surface area contributed by atoms with E-state index in [1.807, 2.05) is 17.8 Å². The average molecular weight is 251 g/mol. The number of hydrogen-bond acceptors (Lipinski definition) is 3. The van der Waals surface area contributed by atoms with Crippen LogP contribution in [0.15, 0.2) is 12.5 Å². The summed E-state index contributed by atoms with van der Waals surface area (Å²) in [5.74, 6) is 0. The van der Waals surface area contributed by atoms with Gasteiger partial charge in [0.1, 0.15) is 6.10 Å². The lowest BCUT2D eigenvalue weighted by atomic mass is 9.86. The number of likely N-dealkylation sites (N-methyl/N-ethyl adjacent to an activating group) is 1. The van der Waals surface area contributed by atoms with Gasteiger partial charge < -0.3 is 9.67 Å². The molecule has 1 aliphatic carbocycles. The van der Waals surface area contributed by atoms with Crippen molar-refractivity contribution in [1.82, 2.24) is 14.5 Å². The number of hydrogen-bond donors (Lipinski definition) is 1. The zero-order chi connectivity index (χ0) is 13.2. The van der Waals surface area contributed by atoms with Gasteiger partial charge in [0.25, 0.3) is 0 Å². The minimum absolute atomic E-state index is 0.0994. The molecule has 4 nitrogen and oxygen atoms in total. The molecule has 2 rings (SSSR count). The number of nitrogens with zero attached hydrogens (tertiary/aromatic N) is 3. The maximum Gasteiger partial charge on any atom is 0.116 e. The van der Waals surface area contributed by atoms with Crippen LogP contribution in [0.25, 0.3) is 0 Å². The van der Waals surface area contributed by atoms with Crippen molar-refractivity contribution in [2.75, 3.05) is 13.1 Å². The van der Waals surface area contributed by atoms with Crippen molar-refractivity contribution in [2.45, 2.75) is 51.2 Å². The van der Waals surface area contributed by atoms with E-state index in [2.05, 4.69) is 23.7 Å². The van der Waals surface area contributed by atoms with Gasteiger partial charge in [-0.1, -0.05) is 26.7 Å². The molecule has 1 unspecified atom stereocenters. The van der Waals surface area contributed by atoms with Gasteiger partial charge in [-0.05, 0) is 25.9 Å². The van der Waals surface area contributed by atoms with Crippen LogP contribution in [0, 0.1) is 0 Å². The Hall–Kier alpha value is -0.870. The van der Waals surface area contributed by atoms with Crippen LogP contribution in [0.2, 0.25) is 0 Å². The number of aliphatic hydroxyl groups excluding tert-OH is 1. The van der Waals surface area contributed by atoms with Crippen LogP contribution >= 0.6 is 0 Å². The summed E-state index contributed by atoms with van der Waals surface area (Å²) in [6, 6.07) is 0. The summed E-state index contributed by atoms with van der Waals surface area (Å²) in [4.78, 5) is 6.76. The first-order valence-electron chi connectivity index (χ1n) is 7.05. The van der Waals surface area contributed by atoms with Crippen molar-refractivity contribution in [3.8, 4) is 0 Å². The van der Waals surface area contributed by atoms with E-state index in [9.17, 15) is 5.11 Å². The standard InChI is InChI=1S/C14H25N3O/c1-4-17(5-2)14(8-6-7-9-14)13(18)12-10-16(3)11-15-12/h10-11,13,18H,4-9H2,1-3H3. The third-order valence-electron chi connectivity index (χ3n) is 4.38. The fourth-order valence-corrected chi connectivity index (χ4v) is 3.45. The number of aliphatic hydroxyl groups is 1. The van der Waals surface area contributed by atoms with Crippen LogP contribution in [0.3, 0.4) is 0 Å². The van der Waals surface area contributed by atoms with E-state index in [0.29, 0.717) is 0 Å². The summed E-state index contributed by atoms with van der Waals surface area (Å²) in [6.45, 7) is 6.32. The molecule has 0 aliphatic heterocycles. The summed E-state index contributed by atoms with van der Waals surface area (Å²) >= 11 is 0. The van der Waals surface area contributed by atoms with Crippen molar-refractivity contribution in [2.24, 2.45) is 7.05 Å². The molecule has 1 atom stereocenters. The molecule has 1 fully saturated rings. The first-order valence-corrected chi connectivity index (χ1v) is 7.05. The number of aryl methyl sites for hydroxylation is 1. The molecular formula is C14H25N3O. The van der Waals surface area contributed by atoms with Gasteiger partial charge in [0.05, 0.1) is 17.6 Å². The van der Waals surface area contributed by atoms with Gasteiger partial charge >= 0.3 is 0 Å². The Bertz CT molecular complexity index is 378. The highest BCUT2D eigenvalue weighted by molar-refractivity contribution is 5.12. The second-order valence-corrected chi connectivity index (χ2v) is 5.35. The number of aromatic nitrogens is 2. The van der Waals surface area contributed by atoms with Crippen LogP contribution in [0.4, 0.5) is 0 Å². The third-order valence-corrected chi connectivity index (χ3v) is 4.38. The Kier molecular flexibility index (Phi) is 4.07. The lowest BCUT2D eigenvalue weighted by Gasteiger charge is -2.43. The predicted molar refractivity (Wildman–Crippen MR) is 72.3 cm³/mol. The Morgan fingerprint density at radius 1 is 1.39 bits per heavy atom. The summed E-state index contributed by atoms with van der Waals surface area (Å²) in [5, 5.41) is 10.8. The van der Waals surface area contributed by atoms with Gasteiger partial charge in [-0.15, -0.1) is 0 Å². The van der Waals surface area contributed by atoms with Crippen molar-refractivity contribution in [3.63, 3.8) is 0 Å². The van der Waals surface area contributed by atoms with Gasteiger partial charge in [-0.3, -0.25) is 4.90 Å². The molecule has 0 bridgehead atoms. The molecule has 1 aliphatic rings. The Balaban J connectivity index is 2.29. The molecule has 102 valence electrons. The van der Waals surface area contributed by atoms with E-state index in [1.54, 1.807) is 6.33 Å². The smallest absolute Gasteiger partial charge is 0.116 e. The molecule has 1 aromatic rings. The molecule has 18 heavy (non-hydrogen) atoms. The van der Waals surface area contributed by atoms with E-state index in [-0.39, 0.29) is 5.54 Å². The van der Waals surface area contributed by atoms with Crippen molar-refractivity contribution in [3.05, 3.63) is 18.2 Å². The van der Waals surface area contributed by atoms with Gasteiger partial charge in [0, 0.05) is 13.2 Å². The number of imidazole rings is 1. The largest absolute Gasteiger partial charge is 0.385 e. The van der Waals surface area contributed by atoms with E-state index < -0.39 is 6.10 Å². The lowest BCUT2D eigenvalue weighted by molar-refractivity contribution is -0.0289. The molecule has 4 heteroatoms. The van der Waals surface area contributed by atoms with Crippen LogP contribution < -0.4 is 0 Å². The fraction of sp³-hybridized carbons (Fsp3) is 0.786. The van der Waals surface area contributed by atoms with Crippen molar-refractivity contribution >= 4 is 0 Å². The molecular weight excluding hydrogens is 226 g/mol. The van der Waals surface area contributed by atoms with Crippen LogP contribution in [-0.4, -0.2) is 38.2 Å². The normalized spacial score (nSPS) is 20.5. The first-order chi connectivity index (χ1) is 8.64. The van der Waals surface area contributed by atoms with E-state index in [4.69, 9.17) is 0 Å². The second-order valence-electron chi connectivity index (χ2n) is 5.35. The fourth-order valence-electron chi connectivity index (χ4n) is 3.45. The Morgan fingerprint density at radius 2 is 2.00 bits per heavy atom. The molecule has 0 aromatic carbocycles. The number of rotatable bonds is 5. The van der Waals surface area contributed by atoms with Crippen LogP contribution in [0.1, 0.15) is 51.3 Å². The Morgan fingerprint density at radius 3 is 2.44 bits per heavy atom. The minimum Gasteiger partial charge on any atom is -0.385 e. The van der Waals surface area contributed by atoms with Crippen molar-refractivity contribution < 1.29 is 5.11 Å². The first kappa shape index (κ1) is 13.6. The monoisotopic (exact) mass is 251 g/mol. The molecule has 0 spiro atoms. The van der Waals surface area contributed by atoms with E-state index in [1.165, 1.54) is 12.8 Å². The molecule has 1 heterocycles. The van der Waals surface area contributed by atoms with Gasteiger partial charge in [-0.2, -0.15) is 0 Å². The summed E-state index contributed by atoms with van der Waals surface area (Å²) in [6.07, 6.45) is 7.80. The van der Waals surface area contributed by atoms with Crippen molar-refractivity contribution in [1.29, 1.82) is 0 Å². The SMILES string of the molecule is CCN(CC)C1(C(O)c2cn(C)cn2)CCCC1. The zero-order valence-electron chi connectivity index (χ0n) is 11.8. The maximum atomic E-state index is 10.8. The predicted octanol–water partition coefficient (Wildman–Crippen LogP) is 2.11. The van der Waals surface area contributed by atoms with Crippen LogP contribution in [0.5, 0.6) is 0 Å². The zero-order valence-corrected chi connectivity index (χ0v) is 11.8. The van der Waals surface area contributed by atoms with E-state index in [0.717, 1.165) is 31.6 Å². The van der Waals surface area contributed by atoms with Gasteiger partial charge in [-0.25, -0.2) is 4.98 Å². The topological polar surface area (TPSA) is 41.3 Å².